The standard InChI is InChI=1S/C9H11FN2O2.ClH/c1-14-8(13)5-7(11)6-3-2-4-12-9(6)10;/h2-4,7H,5,11H2,1H3;1H/t7-;/m1./s1. The molecule has 0 spiro atoms. The number of methoxy groups -OCH3 is 1. The van der Waals surface area contributed by atoms with E-state index in [9.17, 15) is 9.18 Å². The van der Waals surface area contributed by atoms with Crippen LogP contribution in [0.15, 0.2) is 18.3 Å². The van der Waals surface area contributed by atoms with Crippen molar-refractivity contribution in [3.05, 3.63) is 29.8 Å². The number of carbonyl (C=O) groups excluding carboxylic acids is 1. The van der Waals surface area contributed by atoms with Gasteiger partial charge in [-0.05, 0) is 6.07 Å². The molecule has 1 heterocycles. The lowest BCUT2D eigenvalue weighted by Crippen LogP contribution is -2.17. The molecule has 0 bridgehead atoms. The number of pyridine rings is 1. The van der Waals surface area contributed by atoms with Gasteiger partial charge in [0.15, 0.2) is 0 Å². The van der Waals surface area contributed by atoms with Gasteiger partial charge >= 0.3 is 5.97 Å². The molecule has 1 atom stereocenters. The third-order valence-electron chi connectivity index (χ3n) is 1.80. The van der Waals surface area contributed by atoms with Crippen LogP contribution in [-0.2, 0) is 9.53 Å². The Bertz CT molecular complexity index is 336. The zero-order valence-electron chi connectivity index (χ0n) is 8.14. The summed E-state index contributed by atoms with van der Waals surface area (Å²) in [6, 6.07) is 2.35. The quantitative estimate of drug-likeness (QED) is 0.631. The summed E-state index contributed by atoms with van der Waals surface area (Å²) in [5.74, 6) is -1.12. The van der Waals surface area contributed by atoms with E-state index in [1.165, 1.54) is 19.4 Å². The van der Waals surface area contributed by atoms with Gasteiger partial charge in [0, 0.05) is 17.8 Å². The molecule has 84 valence electrons. The van der Waals surface area contributed by atoms with Gasteiger partial charge in [-0.15, -0.1) is 12.4 Å². The first-order valence-corrected chi connectivity index (χ1v) is 4.08. The summed E-state index contributed by atoms with van der Waals surface area (Å²) in [5.41, 5.74) is 5.81. The van der Waals surface area contributed by atoms with E-state index in [0.29, 0.717) is 0 Å². The number of aromatic nitrogens is 1. The largest absolute Gasteiger partial charge is 0.469 e. The van der Waals surface area contributed by atoms with Gasteiger partial charge in [0.25, 0.3) is 0 Å². The van der Waals surface area contributed by atoms with Crippen molar-refractivity contribution in [3.8, 4) is 0 Å². The number of ether oxygens (including phenoxy) is 1. The maximum Gasteiger partial charge on any atom is 0.307 e. The van der Waals surface area contributed by atoms with Crippen LogP contribution in [0.2, 0.25) is 0 Å². The minimum Gasteiger partial charge on any atom is -0.469 e. The molecule has 0 aromatic carbocycles. The second-order valence-corrected chi connectivity index (χ2v) is 2.77. The lowest BCUT2D eigenvalue weighted by Gasteiger charge is -2.10. The highest BCUT2D eigenvalue weighted by atomic mass is 35.5. The Balaban J connectivity index is 0.00000196. The van der Waals surface area contributed by atoms with E-state index < -0.39 is 18.0 Å². The Hall–Kier alpha value is -1.20. The number of nitrogens with zero attached hydrogens (tertiary/aromatic N) is 1. The fourth-order valence-corrected chi connectivity index (χ4v) is 1.05. The van der Waals surface area contributed by atoms with Crippen LogP contribution in [0.1, 0.15) is 18.0 Å². The number of esters is 1. The maximum atomic E-state index is 13.1. The highest BCUT2D eigenvalue weighted by molar-refractivity contribution is 5.85. The second-order valence-electron chi connectivity index (χ2n) is 2.77. The van der Waals surface area contributed by atoms with Crippen LogP contribution < -0.4 is 5.73 Å². The Morgan fingerprint density at radius 2 is 2.40 bits per heavy atom. The fraction of sp³-hybridized carbons (Fsp3) is 0.333. The second kappa shape index (κ2) is 6.31. The average Bonchev–Trinajstić information content (AvgIpc) is 2.18. The van der Waals surface area contributed by atoms with E-state index in [-0.39, 0.29) is 24.4 Å². The van der Waals surface area contributed by atoms with Crippen molar-refractivity contribution >= 4 is 18.4 Å². The van der Waals surface area contributed by atoms with Gasteiger partial charge in [0.05, 0.1) is 13.5 Å². The molecule has 0 aliphatic heterocycles. The average molecular weight is 235 g/mol. The Morgan fingerprint density at radius 3 is 2.93 bits per heavy atom. The molecule has 1 aromatic heterocycles. The number of hydrogen-bond acceptors (Lipinski definition) is 4. The molecule has 0 aliphatic rings. The maximum absolute atomic E-state index is 13.1. The summed E-state index contributed by atoms with van der Waals surface area (Å²) in [4.78, 5) is 14.3. The van der Waals surface area contributed by atoms with E-state index in [1.54, 1.807) is 6.07 Å². The van der Waals surface area contributed by atoms with Crippen molar-refractivity contribution in [1.82, 2.24) is 4.98 Å². The van der Waals surface area contributed by atoms with Crippen molar-refractivity contribution in [1.29, 1.82) is 0 Å². The Morgan fingerprint density at radius 1 is 1.73 bits per heavy atom. The topological polar surface area (TPSA) is 65.2 Å². The number of carbonyl (C=O) groups is 1. The molecule has 15 heavy (non-hydrogen) atoms. The number of hydrogen-bond donors (Lipinski definition) is 1. The van der Waals surface area contributed by atoms with Crippen molar-refractivity contribution in [2.24, 2.45) is 5.73 Å². The van der Waals surface area contributed by atoms with Crippen molar-refractivity contribution in [2.45, 2.75) is 12.5 Å². The first kappa shape index (κ1) is 13.8. The molecule has 2 N–H and O–H groups in total. The van der Waals surface area contributed by atoms with Gasteiger partial charge in [-0.1, -0.05) is 6.07 Å². The lowest BCUT2D eigenvalue weighted by atomic mass is 10.1. The molecule has 0 fully saturated rings. The van der Waals surface area contributed by atoms with E-state index >= 15 is 0 Å². The Labute approximate surface area is 93.0 Å². The molecule has 0 saturated carbocycles. The highest BCUT2D eigenvalue weighted by Crippen LogP contribution is 2.15. The van der Waals surface area contributed by atoms with Gasteiger partial charge in [-0.3, -0.25) is 4.79 Å². The van der Waals surface area contributed by atoms with Gasteiger partial charge in [0.1, 0.15) is 0 Å². The molecular formula is C9H12ClFN2O2. The van der Waals surface area contributed by atoms with E-state index in [1.807, 2.05) is 0 Å². The van der Waals surface area contributed by atoms with Gasteiger partial charge < -0.3 is 10.5 Å². The van der Waals surface area contributed by atoms with Crippen LogP contribution in [0, 0.1) is 5.95 Å². The predicted octanol–water partition coefficient (Wildman–Crippen LogP) is 1.21. The van der Waals surface area contributed by atoms with Gasteiger partial charge in [-0.25, -0.2) is 4.98 Å². The highest BCUT2D eigenvalue weighted by Gasteiger charge is 2.15. The van der Waals surface area contributed by atoms with Crippen molar-refractivity contribution in [2.75, 3.05) is 7.11 Å². The Kier molecular flexibility index (Phi) is 5.81. The third kappa shape index (κ3) is 3.81. The lowest BCUT2D eigenvalue weighted by molar-refractivity contribution is -0.141. The first-order chi connectivity index (χ1) is 6.65. The number of halogens is 2. The van der Waals surface area contributed by atoms with Gasteiger partial charge in [0.2, 0.25) is 5.95 Å². The smallest absolute Gasteiger partial charge is 0.307 e. The summed E-state index contributed by atoms with van der Waals surface area (Å²) in [6.45, 7) is 0. The fourth-order valence-electron chi connectivity index (χ4n) is 1.05. The monoisotopic (exact) mass is 234 g/mol. The SMILES string of the molecule is COC(=O)C[C@@H](N)c1cccnc1F.Cl. The number of nitrogens with two attached hydrogens (primary N) is 1. The van der Waals surface area contributed by atoms with Gasteiger partial charge in [-0.2, -0.15) is 4.39 Å². The molecule has 1 aromatic rings. The molecule has 4 nitrogen and oxygen atoms in total. The number of rotatable bonds is 3. The predicted molar refractivity (Wildman–Crippen MR) is 55.0 cm³/mol. The van der Waals surface area contributed by atoms with E-state index in [4.69, 9.17) is 5.73 Å². The molecule has 0 unspecified atom stereocenters. The van der Waals surface area contributed by atoms with Crippen LogP contribution in [0.5, 0.6) is 0 Å². The van der Waals surface area contributed by atoms with Crippen LogP contribution in [0.25, 0.3) is 0 Å². The summed E-state index contributed by atoms with van der Waals surface area (Å²) in [7, 11) is 1.26. The van der Waals surface area contributed by atoms with Crippen molar-refractivity contribution in [3.63, 3.8) is 0 Å². The van der Waals surface area contributed by atoms with Crippen LogP contribution in [0.4, 0.5) is 4.39 Å². The molecule has 6 heteroatoms. The zero-order chi connectivity index (χ0) is 10.6. The summed E-state index contributed by atoms with van der Waals surface area (Å²) in [6.07, 6.45) is 1.27. The van der Waals surface area contributed by atoms with Crippen molar-refractivity contribution < 1.29 is 13.9 Å². The summed E-state index contributed by atoms with van der Waals surface area (Å²) in [5, 5.41) is 0. The minimum absolute atomic E-state index is 0. The minimum atomic E-state index is -0.712. The molecule has 1 rings (SSSR count). The van der Waals surface area contributed by atoms with Crippen LogP contribution in [-0.4, -0.2) is 18.1 Å². The van der Waals surface area contributed by atoms with E-state index in [2.05, 4.69) is 9.72 Å². The van der Waals surface area contributed by atoms with Crippen LogP contribution in [0.3, 0.4) is 0 Å². The molecular weight excluding hydrogens is 223 g/mol. The molecule has 0 saturated heterocycles. The third-order valence-corrected chi connectivity index (χ3v) is 1.80. The van der Waals surface area contributed by atoms with Crippen LogP contribution >= 0.6 is 12.4 Å². The molecule has 0 amide bonds. The summed E-state index contributed by atoms with van der Waals surface area (Å²) >= 11 is 0. The van der Waals surface area contributed by atoms with E-state index in [0.717, 1.165) is 0 Å². The molecule has 0 aliphatic carbocycles. The zero-order valence-corrected chi connectivity index (χ0v) is 8.96. The molecule has 0 radical (unpaired) electrons. The summed E-state index contributed by atoms with van der Waals surface area (Å²) < 4.78 is 17.5. The first-order valence-electron chi connectivity index (χ1n) is 4.08. The normalized spacial score (nSPS) is 11.4.